The van der Waals surface area contributed by atoms with Crippen molar-refractivity contribution in [3.05, 3.63) is 42.4 Å². The summed E-state index contributed by atoms with van der Waals surface area (Å²) in [5, 5.41) is 0. The van der Waals surface area contributed by atoms with Crippen molar-refractivity contribution in [2.45, 2.75) is 32.2 Å². The Hall–Kier alpha value is -2.15. The minimum Gasteiger partial charge on any atom is -0.441 e. The Balaban J connectivity index is 1.82. The first-order valence-electron chi connectivity index (χ1n) is 8.20. The maximum Gasteiger partial charge on any atom is 0.222 e. The van der Waals surface area contributed by atoms with E-state index in [0.717, 1.165) is 5.56 Å². The summed E-state index contributed by atoms with van der Waals surface area (Å²) < 4.78 is 28.4. The molecule has 0 aliphatic heterocycles. The number of oxazole rings is 1. The van der Waals surface area contributed by atoms with E-state index in [2.05, 4.69) is 4.98 Å². The fourth-order valence-corrected chi connectivity index (χ4v) is 3.62. The molecule has 1 atom stereocenters. The van der Waals surface area contributed by atoms with Crippen LogP contribution in [-0.2, 0) is 21.1 Å². The highest BCUT2D eigenvalue weighted by Crippen LogP contribution is 2.20. The SMILES string of the molecule is CC(CS(C)(=O)=O)N(C)C(=O)CCCc1ncc(-c2ccccc2)o1. The second kappa shape index (κ2) is 8.29. The highest BCUT2D eigenvalue weighted by atomic mass is 32.2. The van der Waals surface area contributed by atoms with Crippen molar-refractivity contribution in [3.8, 4) is 11.3 Å². The molecule has 0 radical (unpaired) electrons. The third kappa shape index (κ3) is 6.01. The van der Waals surface area contributed by atoms with Crippen molar-refractivity contribution in [1.82, 2.24) is 9.88 Å². The first-order valence-corrected chi connectivity index (χ1v) is 10.3. The standard InChI is InChI=1S/C18H24N2O4S/c1-14(13-25(3,22)23)20(2)18(21)11-7-10-17-19-12-16(24-17)15-8-5-4-6-9-15/h4-6,8-9,12,14H,7,10-11,13H2,1-3H3. The molecule has 1 heterocycles. The van der Waals surface area contributed by atoms with Crippen LogP contribution in [0, 0.1) is 0 Å². The van der Waals surface area contributed by atoms with Crippen molar-refractivity contribution >= 4 is 15.7 Å². The number of carbonyl (C=O) groups is 1. The number of hydrogen-bond donors (Lipinski definition) is 0. The van der Waals surface area contributed by atoms with Gasteiger partial charge in [0, 0.05) is 37.8 Å². The number of aromatic nitrogens is 1. The van der Waals surface area contributed by atoms with Gasteiger partial charge in [0.1, 0.15) is 9.84 Å². The summed E-state index contributed by atoms with van der Waals surface area (Å²) in [6.45, 7) is 1.74. The molecule has 0 N–H and O–H groups in total. The molecule has 0 spiro atoms. The smallest absolute Gasteiger partial charge is 0.222 e. The first-order chi connectivity index (χ1) is 11.8. The third-order valence-corrected chi connectivity index (χ3v) is 5.08. The summed E-state index contributed by atoms with van der Waals surface area (Å²) >= 11 is 0. The normalized spacial score (nSPS) is 12.8. The highest BCUT2D eigenvalue weighted by molar-refractivity contribution is 7.90. The lowest BCUT2D eigenvalue weighted by molar-refractivity contribution is -0.131. The number of sulfone groups is 1. The van der Waals surface area contributed by atoms with E-state index in [0.29, 0.717) is 30.9 Å². The molecule has 0 fully saturated rings. The molecule has 136 valence electrons. The van der Waals surface area contributed by atoms with Gasteiger partial charge in [-0.2, -0.15) is 0 Å². The summed E-state index contributed by atoms with van der Waals surface area (Å²) in [7, 11) is -1.47. The Labute approximate surface area is 148 Å². The van der Waals surface area contributed by atoms with Crippen LogP contribution in [0.15, 0.2) is 40.9 Å². The third-order valence-electron chi connectivity index (χ3n) is 3.99. The van der Waals surface area contributed by atoms with Gasteiger partial charge < -0.3 is 9.32 Å². The van der Waals surface area contributed by atoms with Crippen LogP contribution in [0.3, 0.4) is 0 Å². The number of benzene rings is 1. The number of nitrogens with zero attached hydrogens (tertiary/aromatic N) is 2. The van der Waals surface area contributed by atoms with Gasteiger partial charge in [0.05, 0.1) is 11.9 Å². The molecule has 0 saturated carbocycles. The number of aryl methyl sites for hydroxylation is 1. The average molecular weight is 364 g/mol. The molecule has 1 aromatic carbocycles. The van der Waals surface area contributed by atoms with Gasteiger partial charge in [-0.15, -0.1) is 0 Å². The monoisotopic (exact) mass is 364 g/mol. The minimum absolute atomic E-state index is 0.0323. The Morgan fingerprint density at radius 1 is 1.28 bits per heavy atom. The average Bonchev–Trinajstić information content (AvgIpc) is 3.02. The molecular weight excluding hydrogens is 340 g/mol. The summed E-state index contributed by atoms with van der Waals surface area (Å²) in [5.74, 6) is 1.19. The first kappa shape index (κ1) is 19.2. The lowest BCUT2D eigenvalue weighted by Gasteiger charge is -2.24. The van der Waals surface area contributed by atoms with Crippen molar-refractivity contribution in [1.29, 1.82) is 0 Å². The maximum atomic E-state index is 12.2. The molecule has 0 aliphatic carbocycles. The van der Waals surface area contributed by atoms with Crippen molar-refractivity contribution in [2.24, 2.45) is 0 Å². The number of rotatable bonds is 8. The summed E-state index contributed by atoms with van der Waals surface area (Å²) in [4.78, 5) is 17.9. The molecule has 0 aliphatic rings. The van der Waals surface area contributed by atoms with Crippen molar-refractivity contribution < 1.29 is 17.6 Å². The fourth-order valence-electron chi connectivity index (χ4n) is 2.52. The Kier molecular flexibility index (Phi) is 6.36. The molecule has 0 saturated heterocycles. The number of hydrogen-bond acceptors (Lipinski definition) is 5. The van der Waals surface area contributed by atoms with E-state index in [4.69, 9.17) is 4.42 Å². The Morgan fingerprint density at radius 2 is 1.96 bits per heavy atom. The highest BCUT2D eigenvalue weighted by Gasteiger charge is 2.19. The van der Waals surface area contributed by atoms with Gasteiger partial charge in [-0.1, -0.05) is 30.3 Å². The molecule has 6 nitrogen and oxygen atoms in total. The van der Waals surface area contributed by atoms with Crippen LogP contribution >= 0.6 is 0 Å². The van der Waals surface area contributed by atoms with E-state index in [1.54, 1.807) is 20.2 Å². The van der Waals surface area contributed by atoms with Crippen LogP contribution in [0.5, 0.6) is 0 Å². The summed E-state index contributed by atoms with van der Waals surface area (Å²) in [5.41, 5.74) is 0.964. The van der Waals surface area contributed by atoms with Crippen LogP contribution in [0.25, 0.3) is 11.3 Å². The van der Waals surface area contributed by atoms with Gasteiger partial charge >= 0.3 is 0 Å². The van der Waals surface area contributed by atoms with Crippen LogP contribution in [-0.4, -0.2) is 49.3 Å². The summed E-state index contributed by atoms with van der Waals surface area (Å²) in [6, 6.07) is 9.37. The fraction of sp³-hybridized carbons (Fsp3) is 0.444. The van der Waals surface area contributed by atoms with Gasteiger partial charge in [-0.05, 0) is 13.3 Å². The minimum atomic E-state index is -3.11. The van der Waals surface area contributed by atoms with Gasteiger partial charge in [0.25, 0.3) is 0 Å². The zero-order valence-corrected chi connectivity index (χ0v) is 15.6. The van der Waals surface area contributed by atoms with Gasteiger partial charge in [0.2, 0.25) is 5.91 Å². The molecule has 2 rings (SSSR count). The van der Waals surface area contributed by atoms with Crippen LogP contribution < -0.4 is 0 Å². The maximum absolute atomic E-state index is 12.2. The van der Waals surface area contributed by atoms with E-state index in [-0.39, 0.29) is 17.7 Å². The summed E-state index contributed by atoms with van der Waals surface area (Å²) in [6.07, 6.45) is 4.35. The van der Waals surface area contributed by atoms with Gasteiger partial charge in [0.15, 0.2) is 11.7 Å². The van der Waals surface area contributed by atoms with Gasteiger partial charge in [-0.3, -0.25) is 4.79 Å². The number of amides is 1. The molecule has 1 unspecified atom stereocenters. The van der Waals surface area contributed by atoms with Crippen LogP contribution in [0.4, 0.5) is 0 Å². The van der Waals surface area contributed by atoms with Gasteiger partial charge in [-0.25, -0.2) is 13.4 Å². The molecule has 1 aromatic heterocycles. The molecule has 7 heteroatoms. The molecule has 1 amide bonds. The largest absolute Gasteiger partial charge is 0.441 e. The van der Waals surface area contributed by atoms with E-state index in [9.17, 15) is 13.2 Å². The molecular formula is C18H24N2O4S. The van der Waals surface area contributed by atoms with E-state index in [1.807, 2.05) is 30.3 Å². The topological polar surface area (TPSA) is 80.5 Å². The zero-order valence-electron chi connectivity index (χ0n) is 14.8. The molecule has 25 heavy (non-hydrogen) atoms. The lowest BCUT2D eigenvalue weighted by atomic mass is 10.2. The van der Waals surface area contributed by atoms with E-state index < -0.39 is 9.84 Å². The van der Waals surface area contributed by atoms with E-state index in [1.165, 1.54) is 11.2 Å². The molecule has 2 aromatic rings. The predicted molar refractivity (Wildman–Crippen MR) is 96.8 cm³/mol. The van der Waals surface area contributed by atoms with Crippen LogP contribution in [0.2, 0.25) is 0 Å². The number of carbonyl (C=O) groups excluding carboxylic acids is 1. The Morgan fingerprint density at radius 3 is 2.60 bits per heavy atom. The zero-order chi connectivity index (χ0) is 18.4. The lowest BCUT2D eigenvalue weighted by Crippen LogP contribution is -2.39. The second-order valence-corrected chi connectivity index (χ2v) is 8.47. The second-order valence-electron chi connectivity index (χ2n) is 6.28. The Bertz CT molecular complexity index is 799. The van der Waals surface area contributed by atoms with Crippen LogP contribution in [0.1, 0.15) is 25.7 Å². The molecule has 0 bridgehead atoms. The van der Waals surface area contributed by atoms with Crippen molar-refractivity contribution in [2.75, 3.05) is 19.1 Å². The predicted octanol–water partition coefficient (Wildman–Crippen LogP) is 2.56. The van der Waals surface area contributed by atoms with Crippen molar-refractivity contribution in [3.63, 3.8) is 0 Å². The quantitative estimate of drug-likeness (QED) is 0.719. The van der Waals surface area contributed by atoms with E-state index >= 15 is 0 Å².